The Morgan fingerprint density at radius 3 is 2.84 bits per heavy atom. The summed E-state index contributed by atoms with van der Waals surface area (Å²) in [5, 5.41) is 4.81. The van der Waals surface area contributed by atoms with E-state index in [0.29, 0.717) is 30.9 Å². The third-order valence-electron chi connectivity index (χ3n) is 3.89. The van der Waals surface area contributed by atoms with Crippen LogP contribution >= 0.6 is 11.3 Å². The van der Waals surface area contributed by atoms with Crippen LogP contribution in [-0.2, 0) is 16.0 Å². The Labute approximate surface area is 149 Å². The molecule has 8 heteroatoms. The Balaban J connectivity index is 1.60. The van der Waals surface area contributed by atoms with E-state index in [1.807, 2.05) is 5.38 Å². The highest BCUT2D eigenvalue weighted by Gasteiger charge is 2.29. The molecule has 1 fully saturated rings. The van der Waals surface area contributed by atoms with Crippen molar-refractivity contribution >= 4 is 23.2 Å². The maximum absolute atomic E-state index is 12.2. The van der Waals surface area contributed by atoms with Gasteiger partial charge in [-0.15, -0.1) is 11.3 Å². The number of hydrogen-bond acceptors (Lipinski definition) is 6. The van der Waals surface area contributed by atoms with Crippen LogP contribution < -0.4 is 15.8 Å². The molecule has 1 aromatic heterocycles. The fraction of sp³-hybridized carbons (Fsp3) is 0.353. The maximum atomic E-state index is 12.2. The van der Waals surface area contributed by atoms with E-state index in [0.717, 1.165) is 5.69 Å². The average molecular weight is 361 g/mol. The van der Waals surface area contributed by atoms with Crippen molar-refractivity contribution in [1.29, 1.82) is 0 Å². The van der Waals surface area contributed by atoms with E-state index in [1.165, 1.54) is 11.3 Å². The number of carbonyl (C=O) groups is 2. The number of nitrogens with zero attached hydrogens (tertiary/aromatic N) is 1. The van der Waals surface area contributed by atoms with Gasteiger partial charge >= 0.3 is 0 Å². The molecule has 0 unspecified atom stereocenters. The fourth-order valence-corrected chi connectivity index (χ4v) is 3.17. The molecule has 0 radical (unpaired) electrons. The molecule has 2 heterocycles. The smallest absolute Gasteiger partial charge is 0.248 e. The maximum Gasteiger partial charge on any atom is 0.248 e. The number of carbonyl (C=O) groups excluding carboxylic acids is 2. The van der Waals surface area contributed by atoms with Crippen LogP contribution in [-0.4, -0.2) is 42.2 Å². The predicted molar refractivity (Wildman–Crippen MR) is 92.6 cm³/mol. The second-order valence-corrected chi connectivity index (χ2v) is 6.46. The number of primary amides is 1. The molecule has 2 aromatic rings. The lowest BCUT2D eigenvalue weighted by atomic mass is 10.1. The van der Waals surface area contributed by atoms with Crippen LogP contribution in [0.15, 0.2) is 35.2 Å². The summed E-state index contributed by atoms with van der Waals surface area (Å²) in [6.07, 6.45) is 0.701. The van der Waals surface area contributed by atoms with Crippen LogP contribution in [0, 0.1) is 0 Å². The van der Waals surface area contributed by atoms with E-state index < -0.39 is 5.91 Å². The summed E-state index contributed by atoms with van der Waals surface area (Å²) < 4.78 is 11.4. The third kappa shape index (κ3) is 4.77. The van der Waals surface area contributed by atoms with Gasteiger partial charge < -0.3 is 20.5 Å². The molecule has 1 saturated heterocycles. The lowest BCUT2D eigenvalue weighted by molar-refractivity contribution is -0.123. The van der Waals surface area contributed by atoms with Gasteiger partial charge in [0.2, 0.25) is 11.8 Å². The van der Waals surface area contributed by atoms with Crippen molar-refractivity contribution < 1.29 is 19.1 Å². The normalized spacial score (nSPS) is 20.0. The van der Waals surface area contributed by atoms with Crippen LogP contribution in [0.3, 0.4) is 0 Å². The van der Waals surface area contributed by atoms with Crippen molar-refractivity contribution in [1.82, 2.24) is 10.3 Å². The van der Waals surface area contributed by atoms with Gasteiger partial charge in [-0.2, -0.15) is 0 Å². The standard InChI is InChI=1S/C17H19N3O4S/c18-17(22)11-1-3-13(4-2-11)24-15-5-6-23-8-14(15)20-16(21)7-12-9-25-10-19-12/h1-4,9-10,14-15H,5-8H2,(H2,18,22)(H,20,21)/t14-,15-/m1/s1. The number of thiazole rings is 1. The minimum atomic E-state index is -0.482. The molecule has 0 bridgehead atoms. The van der Waals surface area contributed by atoms with Gasteiger partial charge in [-0.05, 0) is 24.3 Å². The van der Waals surface area contributed by atoms with Crippen LogP contribution in [0.5, 0.6) is 5.75 Å². The van der Waals surface area contributed by atoms with Gasteiger partial charge in [-0.1, -0.05) is 0 Å². The number of nitrogens with one attached hydrogen (secondary N) is 1. The summed E-state index contributed by atoms with van der Waals surface area (Å²) in [7, 11) is 0. The zero-order valence-corrected chi connectivity index (χ0v) is 14.3. The molecule has 2 atom stereocenters. The highest BCUT2D eigenvalue weighted by molar-refractivity contribution is 7.07. The van der Waals surface area contributed by atoms with E-state index in [1.54, 1.807) is 29.8 Å². The van der Waals surface area contributed by atoms with Crippen LogP contribution in [0.25, 0.3) is 0 Å². The van der Waals surface area contributed by atoms with E-state index in [-0.39, 0.29) is 24.5 Å². The average Bonchev–Trinajstić information content (AvgIpc) is 3.10. The minimum Gasteiger partial charge on any atom is -0.488 e. The van der Waals surface area contributed by atoms with Gasteiger partial charge in [0.05, 0.1) is 36.9 Å². The minimum absolute atomic E-state index is 0.112. The Bertz CT molecular complexity index is 718. The van der Waals surface area contributed by atoms with E-state index >= 15 is 0 Å². The Morgan fingerprint density at radius 1 is 1.36 bits per heavy atom. The van der Waals surface area contributed by atoms with Crippen LogP contribution in [0.4, 0.5) is 0 Å². The lowest BCUT2D eigenvalue weighted by Crippen LogP contribution is -2.52. The van der Waals surface area contributed by atoms with Crippen molar-refractivity contribution in [2.75, 3.05) is 13.2 Å². The summed E-state index contributed by atoms with van der Waals surface area (Å²) in [6, 6.07) is 6.39. The molecular weight excluding hydrogens is 342 g/mol. The van der Waals surface area contributed by atoms with Crippen molar-refractivity contribution in [2.45, 2.75) is 25.0 Å². The Kier molecular flexibility index (Phi) is 5.62. The molecule has 3 N–H and O–H groups in total. The van der Waals surface area contributed by atoms with E-state index in [2.05, 4.69) is 10.3 Å². The number of hydrogen-bond donors (Lipinski definition) is 2. The Morgan fingerprint density at radius 2 is 2.16 bits per heavy atom. The second-order valence-electron chi connectivity index (χ2n) is 5.74. The molecule has 1 aromatic carbocycles. The predicted octanol–water partition coefficient (Wildman–Crippen LogP) is 1.14. The molecule has 1 aliphatic rings. The molecule has 0 saturated carbocycles. The summed E-state index contributed by atoms with van der Waals surface area (Å²) >= 11 is 1.46. The molecule has 7 nitrogen and oxygen atoms in total. The summed E-state index contributed by atoms with van der Waals surface area (Å²) in [5.41, 5.74) is 8.11. The monoisotopic (exact) mass is 361 g/mol. The molecule has 25 heavy (non-hydrogen) atoms. The van der Waals surface area contributed by atoms with Crippen molar-refractivity contribution in [2.24, 2.45) is 5.73 Å². The first-order valence-electron chi connectivity index (χ1n) is 7.92. The van der Waals surface area contributed by atoms with Gasteiger partial charge in [0, 0.05) is 17.4 Å². The highest BCUT2D eigenvalue weighted by atomic mass is 32.1. The van der Waals surface area contributed by atoms with Gasteiger partial charge in [0.15, 0.2) is 0 Å². The van der Waals surface area contributed by atoms with E-state index in [4.69, 9.17) is 15.2 Å². The number of rotatable bonds is 6. The fourth-order valence-electron chi connectivity index (χ4n) is 2.61. The summed E-state index contributed by atoms with van der Waals surface area (Å²) in [6.45, 7) is 0.968. The first kappa shape index (κ1) is 17.4. The largest absolute Gasteiger partial charge is 0.488 e. The number of amides is 2. The SMILES string of the molecule is NC(=O)c1ccc(O[C@@H]2CCOC[C@H]2NC(=O)Cc2cscn2)cc1. The number of nitrogens with two attached hydrogens (primary N) is 1. The molecule has 3 rings (SSSR count). The molecule has 0 spiro atoms. The number of aromatic nitrogens is 1. The van der Waals surface area contributed by atoms with Crippen LogP contribution in [0.1, 0.15) is 22.5 Å². The Hall–Kier alpha value is -2.45. The first-order chi connectivity index (χ1) is 12.1. The van der Waals surface area contributed by atoms with E-state index in [9.17, 15) is 9.59 Å². The molecule has 0 aliphatic carbocycles. The summed E-state index contributed by atoms with van der Waals surface area (Å²) in [4.78, 5) is 27.4. The van der Waals surface area contributed by atoms with Crippen molar-refractivity contribution in [3.63, 3.8) is 0 Å². The van der Waals surface area contributed by atoms with Gasteiger partial charge in [0.1, 0.15) is 11.9 Å². The van der Waals surface area contributed by atoms with Gasteiger partial charge in [-0.3, -0.25) is 9.59 Å². The molecule has 132 valence electrons. The quantitative estimate of drug-likeness (QED) is 0.803. The van der Waals surface area contributed by atoms with Crippen LogP contribution in [0.2, 0.25) is 0 Å². The zero-order chi connectivity index (χ0) is 17.6. The molecule has 1 aliphatic heterocycles. The lowest BCUT2D eigenvalue weighted by Gasteiger charge is -2.32. The summed E-state index contributed by atoms with van der Waals surface area (Å²) in [5.74, 6) is 0.0273. The van der Waals surface area contributed by atoms with Crippen molar-refractivity contribution in [3.05, 3.63) is 46.4 Å². The molecule has 2 amide bonds. The van der Waals surface area contributed by atoms with Crippen molar-refractivity contribution in [3.8, 4) is 5.75 Å². The van der Waals surface area contributed by atoms with Gasteiger partial charge in [-0.25, -0.2) is 4.98 Å². The molecular formula is C17H19N3O4S. The third-order valence-corrected chi connectivity index (χ3v) is 4.53. The highest BCUT2D eigenvalue weighted by Crippen LogP contribution is 2.19. The first-order valence-corrected chi connectivity index (χ1v) is 8.87. The number of benzene rings is 1. The van der Waals surface area contributed by atoms with Gasteiger partial charge in [0.25, 0.3) is 0 Å². The zero-order valence-electron chi connectivity index (χ0n) is 13.5. The second kappa shape index (κ2) is 8.09. The number of ether oxygens (including phenoxy) is 2. The topological polar surface area (TPSA) is 104 Å².